The van der Waals surface area contributed by atoms with Crippen LogP contribution in [0.2, 0.25) is 0 Å². The van der Waals surface area contributed by atoms with Gasteiger partial charge >= 0.3 is 0 Å². The van der Waals surface area contributed by atoms with E-state index in [2.05, 4.69) is 5.16 Å². The Labute approximate surface area is 119 Å². The van der Waals surface area contributed by atoms with E-state index < -0.39 is 0 Å². The Hall–Kier alpha value is -1.91. The van der Waals surface area contributed by atoms with Crippen molar-refractivity contribution in [1.82, 2.24) is 0 Å². The van der Waals surface area contributed by atoms with E-state index >= 15 is 0 Å². The van der Waals surface area contributed by atoms with Gasteiger partial charge in [-0.1, -0.05) is 17.6 Å². The minimum absolute atomic E-state index is 0.0727. The van der Waals surface area contributed by atoms with Crippen molar-refractivity contribution in [2.75, 3.05) is 21.3 Å². The Morgan fingerprint density at radius 3 is 2.40 bits per heavy atom. The molecular formula is C15H21NO4. The zero-order valence-corrected chi connectivity index (χ0v) is 12.2. The van der Waals surface area contributed by atoms with Crippen molar-refractivity contribution in [2.45, 2.75) is 31.6 Å². The molecule has 1 saturated carbocycles. The number of oxime groups is 1. The molecule has 1 aliphatic carbocycles. The summed E-state index contributed by atoms with van der Waals surface area (Å²) in [5, 5.41) is 12.7. The van der Waals surface area contributed by atoms with Gasteiger partial charge in [0.1, 0.15) is 0 Å². The maximum Gasteiger partial charge on any atom is 0.203 e. The van der Waals surface area contributed by atoms with E-state index in [1.165, 1.54) is 0 Å². The molecule has 1 fully saturated rings. The van der Waals surface area contributed by atoms with E-state index in [0.717, 1.165) is 37.0 Å². The summed E-state index contributed by atoms with van der Waals surface area (Å²) in [5.41, 5.74) is 1.79. The molecule has 0 spiro atoms. The van der Waals surface area contributed by atoms with E-state index in [1.807, 2.05) is 12.1 Å². The average Bonchev–Trinajstić information content (AvgIpc) is 2.53. The number of rotatable bonds is 4. The number of methoxy groups -OCH3 is 3. The summed E-state index contributed by atoms with van der Waals surface area (Å²) in [4.78, 5) is 0. The number of benzene rings is 1. The molecule has 0 saturated heterocycles. The maximum atomic E-state index is 9.20. The fourth-order valence-electron chi connectivity index (χ4n) is 2.85. The van der Waals surface area contributed by atoms with Crippen LogP contribution in [0.5, 0.6) is 17.2 Å². The number of hydrogen-bond acceptors (Lipinski definition) is 5. The zero-order chi connectivity index (χ0) is 14.5. The first-order valence-corrected chi connectivity index (χ1v) is 6.76. The minimum Gasteiger partial charge on any atom is -0.493 e. The molecule has 0 heterocycles. The van der Waals surface area contributed by atoms with Crippen LogP contribution in [0.25, 0.3) is 0 Å². The predicted molar refractivity (Wildman–Crippen MR) is 76.5 cm³/mol. The second-order valence-corrected chi connectivity index (χ2v) is 4.81. The van der Waals surface area contributed by atoms with Gasteiger partial charge in [0, 0.05) is 11.5 Å². The van der Waals surface area contributed by atoms with Gasteiger partial charge in [-0.05, 0) is 25.3 Å². The van der Waals surface area contributed by atoms with Gasteiger partial charge in [-0.15, -0.1) is 0 Å². The molecule has 0 radical (unpaired) electrons. The van der Waals surface area contributed by atoms with E-state index in [-0.39, 0.29) is 5.92 Å². The smallest absolute Gasteiger partial charge is 0.203 e. The first-order chi connectivity index (χ1) is 9.76. The van der Waals surface area contributed by atoms with Gasteiger partial charge in [-0.25, -0.2) is 0 Å². The van der Waals surface area contributed by atoms with Gasteiger partial charge in [0.15, 0.2) is 11.5 Å². The first-order valence-electron chi connectivity index (χ1n) is 6.76. The summed E-state index contributed by atoms with van der Waals surface area (Å²) in [6, 6.07) is 3.82. The highest BCUT2D eigenvalue weighted by Gasteiger charge is 2.28. The zero-order valence-electron chi connectivity index (χ0n) is 12.2. The second kappa shape index (κ2) is 6.50. The summed E-state index contributed by atoms with van der Waals surface area (Å²) >= 11 is 0. The lowest BCUT2D eigenvalue weighted by Gasteiger charge is -2.26. The molecule has 1 aliphatic rings. The monoisotopic (exact) mass is 279 g/mol. The Balaban J connectivity index is 2.50. The average molecular weight is 279 g/mol. The highest BCUT2D eigenvalue weighted by molar-refractivity contribution is 5.92. The number of ether oxygens (including phenoxy) is 3. The highest BCUT2D eigenvalue weighted by atomic mass is 16.5. The van der Waals surface area contributed by atoms with Crippen molar-refractivity contribution in [2.24, 2.45) is 5.16 Å². The van der Waals surface area contributed by atoms with Crippen molar-refractivity contribution >= 4 is 5.71 Å². The van der Waals surface area contributed by atoms with Crippen LogP contribution in [-0.4, -0.2) is 32.2 Å². The third kappa shape index (κ3) is 2.53. The Bertz CT molecular complexity index is 499. The normalized spacial score (nSPS) is 20.8. The molecule has 0 bridgehead atoms. The standard InChI is InChI=1S/C15H21NO4/c1-18-13-9-8-11(14(19-2)15(13)20-3)10-6-4-5-7-12(10)16-17/h8-10,17H,4-7H2,1-3H3/b16-12-. The Morgan fingerprint density at radius 1 is 1.05 bits per heavy atom. The van der Waals surface area contributed by atoms with Crippen LogP contribution in [-0.2, 0) is 0 Å². The summed E-state index contributed by atoms with van der Waals surface area (Å²) in [7, 11) is 4.80. The van der Waals surface area contributed by atoms with Crippen molar-refractivity contribution in [3.05, 3.63) is 17.7 Å². The SMILES string of the molecule is COc1ccc(C2CCCC/C2=N/O)c(OC)c1OC. The molecule has 1 unspecified atom stereocenters. The fourth-order valence-corrected chi connectivity index (χ4v) is 2.85. The van der Waals surface area contributed by atoms with Gasteiger partial charge in [-0.3, -0.25) is 0 Å². The van der Waals surface area contributed by atoms with Crippen LogP contribution in [0.3, 0.4) is 0 Å². The van der Waals surface area contributed by atoms with Crippen LogP contribution in [0.15, 0.2) is 17.3 Å². The van der Waals surface area contributed by atoms with Crippen molar-refractivity contribution < 1.29 is 19.4 Å². The highest BCUT2D eigenvalue weighted by Crippen LogP contribution is 2.45. The molecular weight excluding hydrogens is 258 g/mol. The van der Waals surface area contributed by atoms with Crippen LogP contribution in [0.1, 0.15) is 37.2 Å². The molecule has 2 rings (SSSR count). The summed E-state index contributed by atoms with van der Waals surface area (Å²) < 4.78 is 16.2. The van der Waals surface area contributed by atoms with Gasteiger partial charge in [0.25, 0.3) is 0 Å². The van der Waals surface area contributed by atoms with E-state index in [9.17, 15) is 5.21 Å². The van der Waals surface area contributed by atoms with Crippen molar-refractivity contribution in [3.8, 4) is 17.2 Å². The van der Waals surface area contributed by atoms with Gasteiger partial charge in [0.05, 0.1) is 27.0 Å². The van der Waals surface area contributed by atoms with Crippen molar-refractivity contribution in [3.63, 3.8) is 0 Å². The van der Waals surface area contributed by atoms with E-state index in [0.29, 0.717) is 17.2 Å². The third-order valence-corrected chi connectivity index (χ3v) is 3.82. The number of hydrogen-bond donors (Lipinski definition) is 1. The van der Waals surface area contributed by atoms with E-state index in [1.54, 1.807) is 21.3 Å². The molecule has 1 N–H and O–H groups in total. The summed E-state index contributed by atoms with van der Waals surface area (Å²) in [6.45, 7) is 0. The lowest BCUT2D eigenvalue weighted by Crippen LogP contribution is -2.18. The second-order valence-electron chi connectivity index (χ2n) is 4.81. The lowest BCUT2D eigenvalue weighted by molar-refractivity contribution is 0.310. The first kappa shape index (κ1) is 14.5. The maximum absolute atomic E-state index is 9.20. The molecule has 20 heavy (non-hydrogen) atoms. The number of nitrogens with zero attached hydrogens (tertiary/aromatic N) is 1. The minimum atomic E-state index is 0.0727. The van der Waals surface area contributed by atoms with Gasteiger partial charge in [0.2, 0.25) is 5.75 Å². The van der Waals surface area contributed by atoms with Gasteiger partial charge in [-0.2, -0.15) is 0 Å². The molecule has 1 atom stereocenters. The molecule has 5 nitrogen and oxygen atoms in total. The molecule has 5 heteroatoms. The van der Waals surface area contributed by atoms with Crippen molar-refractivity contribution in [1.29, 1.82) is 0 Å². The molecule has 0 aliphatic heterocycles. The van der Waals surface area contributed by atoms with E-state index in [4.69, 9.17) is 14.2 Å². The largest absolute Gasteiger partial charge is 0.493 e. The third-order valence-electron chi connectivity index (χ3n) is 3.82. The Morgan fingerprint density at radius 2 is 1.80 bits per heavy atom. The summed E-state index contributed by atoms with van der Waals surface area (Å²) in [6.07, 6.45) is 3.94. The fraction of sp³-hybridized carbons (Fsp3) is 0.533. The van der Waals surface area contributed by atoms with Crippen LogP contribution in [0, 0.1) is 0 Å². The molecule has 1 aromatic rings. The van der Waals surface area contributed by atoms with Gasteiger partial charge < -0.3 is 19.4 Å². The molecule has 0 amide bonds. The molecule has 110 valence electrons. The van der Waals surface area contributed by atoms with Crippen LogP contribution < -0.4 is 14.2 Å². The van der Waals surface area contributed by atoms with Crippen LogP contribution >= 0.6 is 0 Å². The molecule has 1 aromatic carbocycles. The predicted octanol–water partition coefficient (Wildman–Crippen LogP) is 3.20. The van der Waals surface area contributed by atoms with Crippen LogP contribution in [0.4, 0.5) is 0 Å². The molecule has 0 aromatic heterocycles. The summed E-state index contributed by atoms with van der Waals surface area (Å²) in [5.74, 6) is 1.94. The lowest BCUT2D eigenvalue weighted by atomic mass is 9.82. The quantitative estimate of drug-likeness (QED) is 0.679. The topological polar surface area (TPSA) is 60.3 Å². The Kier molecular flexibility index (Phi) is 4.71.